The highest BCUT2D eigenvalue weighted by Gasteiger charge is 2.31. The summed E-state index contributed by atoms with van der Waals surface area (Å²) in [6.45, 7) is 1.60. The maximum atomic E-state index is 12.4. The maximum Gasteiger partial charge on any atom is 0.322 e. The Morgan fingerprint density at radius 1 is 1.43 bits per heavy atom. The summed E-state index contributed by atoms with van der Waals surface area (Å²) in [4.78, 5) is 25.7. The summed E-state index contributed by atoms with van der Waals surface area (Å²) in [5.41, 5.74) is 0.633. The highest BCUT2D eigenvalue weighted by atomic mass is 16.5. The van der Waals surface area contributed by atoms with Crippen molar-refractivity contribution in [2.45, 2.75) is 6.04 Å². The molecule has 1 aliphatic rings. The first kappa shape index (κ1) is 15.1. The van der Waals surface area contributed by atoms with Crippen molar-refractivity contribution in [3.05, 3.63) is 24.3 Å². The summed E-state index contributed by atoms with van der Waals surface area (Å²) in [5, 5.41) is 8.49. The van der Waals surface area contributed by atoms with E-state index in [1.54, 1.807) is 38.4 Å². The normalized spacial score (nSPS) is 18.0. The zero-order valence-corrected chi connectivity index (χ0v) is 12.2. The minimum absolute atomic E-state index is 0.178. The van der Waals surface area contributed by atoms with E-state index in [1.165, 1.54) is 4.90 Å². The molecule has 1 unspecified atom stereocenters. The molecule has 1 aromatic rings. The average molecular weight is 292 g/mol. The van der Waals surface area contributed by atoms with Crippen LogP contribution in [0.1, 0.15) is 0 Å². The lowest BCUT2D eigenvalue weighted by molar-refractivity contribution is -0.125. The standard InChI is InChI=1S/C14H20N4O3/c1-15-13(19)12-9-16-6-7-18(12)14(20)17-10-4-3-5-11(8-10)21-2/h3-5,8,12,16H,6-7,9H2,1-2H3,(H,15,19)(H,17,20). The Morgan fingerprint density at radius 3 is 2.95 bits per heavy atom. The Balaban J connectivity index is 2.08. The molecule has 3 N–H and O–H groups in total. The van der Waals surface area contributed by atoms with Crippen molar-refractivity contribution in [3.63, 3.8) is 0 Å². The van der Waals surface area contributed by atoms with Gasteiger partial charge in [-0.1, -0.05) is 6.07 Å². The van der Waals surface area contributed by atoms with Gasteiger partial charge in [-0.25, -0.2) is 4.79 Å². The fourth-order valence-corrected chi connectivity index (χ4v) is 2.24. The second-order valence-corrected chi connectivity index (χ2v) is 4.69. The number of benzene rings is 1. The Kier molecular flexibility index (Phi) is 4.99. The van der Waals surface area contributed by atoms with Gasteiger partial charge in [0.05, 0.1) is 7.11 Å². The van der Waals surface area contributed by atoms with E-state index in [9.17, 15) is 9.59 Å². The first-order valence-electron chi connectivity index (χ1n) is 6.79. The third kappa shape index (κ3) is 3.63. The number of urea groups is 1. The summed E-state index contributed by atoms with van der Waals surface area (Å²) in [6.07, 6.45) is 0. The highest BCUT2D eigenvalue weighted by Crippen LogP contribution is 2.17. The van der Waals surface area contributed by atoms with Crippen LogP contribution in [0.15, 0.2) is 24.3 Å². The van der Waals surface area contributed by atoms with Gasteiger partial charge >= 0.3 is 6.03 Å². The molecule has 2 rings (SSSR count). The van der Waals surface area contributed by atoms with E-state index in [-0.39, 0.29) is 11.9 Å². The predicted octanol–water partition coefficient (Wildman–Crippen LogP) is 0.247. The van der Waals surface area contributed by atoms with Crippen LogP contribution in [0.5, 0.6) is 5.75 Å². The fourth-order valence-electron chi connectivity index (χ4n) is 2.24. The highest BCUT2D eigenvalue weighted by molar-refractivity contribution is 5.94. The van der Waals surface area contributed by atoms with E-state index >= 15 is 0 Å². The van der Waals surface area contributed by atoms with Crippen LogP contribution in [-0.2, 0) is 4.79 Å². The van der Waals surface area contributed by atoms with Crippen LogP contribution in [-0.4, -0.2) is 56.7 Å². The number of anilines is 1. The van der Waals surface area contributed by atoms with Crippen molar-refractivity contribution in [3.8, 4) is 5.75 Å². The number of hydrogen-bond donors (Lipinski definition) is 3. The molecular formula is C14H20N4O3. The molecule has 1 heterocycles. The van der Waals surface area contributed by atoms with E-state index in [0.29, 0.717) is 31.1 Å². The molecular weight excluding hydrogens is 272 g/mol. The second kappa shape index (κ2) is 6.94. The monoisotopic (exact) mass is 292 g/mol. The van der Waals surface area contributed by atoms with Crippen LogP contribution in [0.25, 0.3) is 0 Å². The topological polar surface area (TPSA) is 82.7 Å². The smallest absolute Gasteiger partial charge is 0.322 e. The summed E-state index contributed by atoms with van der Waals surface area (Å²) in [6, 6.07) is 6.30. The fraction of sp³-hybridized carbons (Fsp3) is 0.429. The molecule has 0 aromatic heterocycles. The van der Waals surface area contributed by atoms with Crippen LogP contribution in [0.3, 0.4) is 0 Å². The Labute approximate surface area is 123 Å². The van der Waals surface area contributed by atoms with Crippen molar-refractivity contribution < 1.29 is 14.3 Å². The van der Waals surface area contributed by atoms with Crippen molar-refractivity contribution in [2.24, 2.45) is 0 Å². The number of carbonyl (C=O) groups is 2. The van der Waals surface area contributed by atoms with Gasteiger partial charge in [-0.15, -0.1) is 0 Å². The molecule has 0 bridgehead atoms. The van der Waals surface area contributed by atoms with Gasteiger partial charge in [-0.05, 0) is 12.1 Å². The number of methoxy groups -OCH3 is 1. The van der Waals surface area contributed by atoms with Crippen LogP contribution in [0.2, 0.25) is 0 Å². The van der Waals surface area contributed by atoms with Gasteiger partial charge in [0.15, 0.2) is 0 Å². The van der Waals surface area contributed by atoms with Gasteiger partial charge in [0.25, 0.3) is 0 Å². The van der Waals surface area contributed by atoms with Crippen LogP contribution in [0.4, 0.5) is 10.5 Å². The third-order valence-electron chi connectivity index (χ3n) is 3.37. The number of nitrogens with one attached hydrogen (secondary N) is 3. The molecule has 114 valence electrons. The minimum Gasteiger partial charge on any atom is -0.497 e. The number of carbonyl (C=O) groups excluding carboxylic acids is 2. The van der Waals surface area contributed by atoms with E-state index < -0.39 is 6.04 Å². The molecule has 1 saturated heterocycles. The van der Waals surface area contributed by atoms with Crippen LogP contribution < -0.4 is 20.7 Å². The number of likely N-dealkylation sites (N-methyl/N-ethyl adjacent to an activating group) is 1. The molecule has 7 heteroatoms. The van der Waals surface area contributed by atoms with Gasteiger partial charge in [0, 0.05) is 38.4 Å². The maximum absolute atomic E-state index is 12.4. The van der Waals surface area contributed by atoms with Gasteiger partial charge < -0.3 is 25.6 Å². The molecule has 0 saturated carbocycles. The summed E-state index contributed by atoms with van der Waals surface area (Å²) >= 11 is 0. The molecule has 1 aliphatic heterocycles. The van der Waals surface area contributed by atoms with Gasteiger partial charge in [-0.2, -0.15) is 0 Å². The summed E-state index contributed by atoms with van der Waals surface area (Å²) in [5.74, 6) is 0.485. The summed E-state index contributed by atoms with van der Waals surface area (Å²) < 4.78 is 5.12. The Morgan fingerprint density at radius 2 is 2.24 bits per heavy atom. The number of ether oxygens (including phenoxy) is 1. The number of hydrogen-bond acceptors (Lipinski definition) is 4. The largest absolute Gasteiger partial charge is 0.497 e. The lowest BCUT2D eigenvalue weighted by Crippen LogP contribution is -2.60. The molecule has 1 fully saturated rings. The van der Waals surface area contributed by atoms with Gasteiger partial charge in [-0.3, -0.25) is 4.79 Å². The molecule has 21 heavy (non-hydrogen) atoms. The average Bonchev–Trinajstić information content (AvgIpc) is 2.54. The summed E-state index contributed by atoms with van der Waals surface area (Å²) in [7, 11) is 3.13. The first-order valence-corrected chi connectivity index (χ1v) is 6.79. The van der Waals surface area contributed by atoms with E-state index in [1.807, 2.05) is 0 Å². The predicted molar refractivity (Wildman–Crippen MR) is 79.4 cm³/mol. The first-order chi connectivity index (χ1) is 10.2. The molecule has 0 radical (unpaired) electrons. The number of amides is 3. The zero-order chi connectivity index (χ0) is 15.2. The van der Waals surface area contributed by atoms with Gasteiger partial charge in [0.1, 0.15) is 11.8 Å². The lowest BCUT2D eigenvalue weighted by atomic mass is 10.2. The van der Waals surface area contributed by atoms with Crippen LogP contribution in [0, 0.1) is 0 Å². The number of rotatable bonds is 3. The van der Waals surface area contributed by atoms with E-state index in [0.717, 1.165) is 0 Å². The minimum atomic E-state index is -0.505. The zero-order valence-electron chi connectivity index (χ0n) is 12.2. The Bertz CT molecular complexity index is 521. The van der Waals surface area contributed by atoms with Crippen molar-refractivity contribution in [1.82, 2.24) is 15.5 Å². The Hall–Kier alpha value is -2.28. The molecule has 3 amide bonds. The molecule has 1 aromatic carbocycles. The number of piperazine rings is 1. The van der Waals surface area contributed by atoms with Gasteiger partial charge in [0.2, 0.25) is 5.91 Å². The van der Waals surface area contributed by atoms with E-state index in [2.05, 4.69) is 16.0 Å². The second-order valence-electron chi connectivity index (χ2n) is 4.69. The molecule has 7 nitrogen and oxygen atoms in total. The third-order valence-corrected chi connectivity index (χ3v) is 3.37. The molecule has 0 spiro atoms. The quantitative estimate of drug-likeness (QED) is 0.745. The molecule has 1 atom stereocenters. The number of nitrogens with zero attached hydrogens (tertiary/aromatic N) is 1. The van der Waals surface area contributed by atoms with E-state index in [4.69, 9.17) is 4.74 Å². The van der Waals surface area contributed by atoms with Crippen molar-refractivity contribution >= 4 is 17.6 Å². The van der Waals surface area contributed by atoms with Crippen molar-refractivity contribution in [2.75, 3.05) is 39.1 Å². The van der Waals surface area contributed by atoms with Crippen LogP contribution >= 0.6 is 0 Å². The lowest BCUT2D eigenvalue weighted by Gasteiger charge is -2.34. The molecule has 0 aliphatic carbocycles. The van der Waals surface area contributed by atoms with Crippen molar-refractivity contribution in [1.29, 1.82) is 0 Å². The SMILES string of the molecule is CNC(=O)C1CNCCN1C(=O)Nc1cccc(OC)c1.